The molecule has 1 atom stereocenters. The first-order valence-corrected chi connectivity index (χ1v) is 10.5. The van der Waals surface area contributed by atoms with Gasteiger partial charge in [0.15, 0.2) is 0 Å². The predicted octanol–water partition coefficient (Wildman–Crippen LogP) is 2.44. The molecule has 0 bridgehead atoms. The minimum absolute atomic E-state index is 0.0532. The second-order valence-corrected chi connectivity index (χ2v) is 9.28. The van der Waals surface area contributed by atoms with Gasteiger partial charge in [0.2, 0.25) is 10.0 Å². The fourth-order valence-electron chi connectivity index (χ4n) is 3.28. The van der Waals surface area contributed by atoms with Crippen molar-refractivity contribution in [1.82, 2.24) is 4.31 Å². The molecule has 136 valence electrons. The van der Waals surface area contributed by atoms with Crippen molar-refractivity contribution in [1.29, 1.82) is 0 Å². The Labute approximate surface area is 151 Å². The molecule has 1 aliphatic rings. The summed E-state index contributed by atoms with van der Waals surface area (Å²) in [5.41, 5.74) is 5.94. The molecule has 0 radical (unpaired) electrons. The molecule has 2 heterocycles. The largest absolute Gasteiger partial charge is 0.465 e. The monoisotopic (exact) mass is 382 g/mol. The van der Waals surface area contributed by atoms with E-state index in [1.807, 2.05) is 19.1 Å². The van der Waals surface area contributed by atoms with Crippen LogP contribution in [-0.4, -0.2) is 44.9 Å². The molecular formula is C17H22N2O4S2. The van der Waals surface area contributed by atoms with Gasteiger partial charge in [-0.05, 0) is 31.7 Å². The highest BCUT2D eigenvalue weighted by Crippen LogP contribution is 2.37. The zero-order chi connectivity index (χ0) is 18.2. The molecule has 1 aromatic carbocycles. The Kier molecular flexibility index (Phi) is 5.15. The van der Waals surface area contributed by atoms with E-state index in [0.717, 1.165) is 28.9 Å². The van der Waals surface area contributed by atoms with E-state index in [-0.39, 0.29) is 15.8 Å². The molecule has 2 aromatic rings. The van der Waals surface area contributed by atoms with E-state index in [2.05, 4.69) is 0 Å². The van der Waals surface area contributed by atoms with Crippen molar-refractivity contribution in [2.24, 2.45) is 11.7 Å². The summed E-state index contributed by atoms with van der Waals surface area (Å²) in [6.45, 7) is 2.79. The topological polar surface area (TPSA) is 89.7 Å². The standard InChI is InChI=1S/C17H22N2O4S2/c1-11(18)12-7-9-19(10-8-12)25(21,22)16-13-5-3-4-6-14(13)24-15(16)17(20)23-2/h3-6,11-12H,7-10,18H2,1-2H3. The number of nitrogens with zero attached hydrogens (tertiary/aromatic N) is 1. The second kappa shape index (κ2) is 7.03. The number of rotatable bonds is 4. The van der Waals surface area contributed by atoms with Gasteiger partial charge in [-0.2, -0.15) is 4.31 Å². The van der Waals surface area contributed by atoms with Crippen molar-refractivity contribution in [3.63, 3.8) is 0 Å². The first-order chi connectivity index (χ1) is 11.9. The van der Waals surface area contributed by atoms with Gasteiger partial charge in [0.1, 0.15) is 9.77 Å². The third-order valence-corrected chi connectivity index (χ3v) is 8.03. The molecule has 0 spiro atoms. The number of carbonyl (C=O) groups excluding carboxylic acids is 1. The molecule has 0 amide bonds. The third kappa shape index (κ3) is 3.31. The van der Waals surface area contributed by atoms with Crippen LogP contribution < -0.4 is 5.73 Å². The molecular weight excluding hydrogens is 360 g/mol. The SMILES string of the molecule is COC(=O)c1sc2ccccc2c1S(=O)(=O)N1CCC(C(C)N)CC1. The van der Waals surface area contributed by atoms with Crippen LogP contribution in [-0.2, 0) is 14.8 Å². The molecule has 2 N–H and O–H groups in total. The maximum absolute atomic E-state index is 13.3. The summed E-state index contributed by atoms with van der Waals surface area (Å²) in [4.78, 5) is 12.4. The van der Waals surface area contributed by atoms with Crippen molar-refractivity contribution in [3.05, 3.63) is 29.1 Å². The number of esters is 1. The summed E-state index contributed by atoms with van der Waals surface area (Å²) >= 11 is 1.15. The molecule has 1 aliphatic heterocycles. The molecule has 3 rings (SSSR count). The molecule has 6 nitrogen and oxygen atoms in total. The summed E-state index contributed by atoms with van der Waals surface area (Å²) in [6, 6.07) is 7.20. The molecule has 0 aliphatic carbocycles. The van der Waals surface area contributed by atoms with Crippen LogP contribution in [0.2, 0.25) is 0 Å². The molecule has 1 fully saturated rings. The number of methoxy groups -OCH3 is 1. The van der Waals surface area contributed by atoms with Crippen molar-refractivity contribution < 1.29 is 17.9 Å². The van der Waals surface area contributed by atoms with E-state index in [0.29, 0.717) is 24.4 Å². The molecule has 8 heteroatoms. The highest BCUT2D eigenvalue weighted by molar-refractivity contribution is 7.89. The number of hydrogen-bond donors (Lipinski definition) is 1. The second-order valence-electron chi connectivity index (χ2n) is 6.35. The van der Waals surface area contributed by atoms with Crippen LogP contribution in [0.25, 0.3) is 10.1 Å². The number of fused-ring (bicyclic) bond motifs is 1. The highest BCUT2D eigenvalue weighted by atomic mass is 32.2. The van der Waals surface area contributed by atoms with Crippen LogP contribution >= 0.6 is 11.3 Å². The third-order valence-electron chi connectivity index (χ3n) is 4.76. The van der Waals surface area contributed by atoms with Crippen LogP contribution in [0.3, 0.4) is 0 Å². The summed E-state index contributed by atoms with van der Waals surface area (Å²) in [5, 5.41) is 0.571. The number of thiophene rings is 1. The average Bonchev–Trinajstić information content (AvgIpc) is 3.01. The van der Waals surface area contributed by atoms with E-state index >= 15 is 0 Å². The average molecular weight is 383 g/mol. The predicted molar refractivity (Wildman–Crippen MR) is 98.3 cm³/mol. The van der Waals surface area contributed by atoms with Gasteiger partial charge < -0.3 is 10.5 Å². The minimum atomic E-state index is -3.78. The van der Waals surface area contributed by atoms with Crippen molar-refractivity contribution in [3.8, 4) is 0 Å². The van der Waals surface area contributed by atoms with E-state index in [4.69, 9.17) is 10.5 Å². The van der Waals surface area contributed by atoms with Gasteiger partial charge in [0.25, 0.3) is 0 Å². The summed E-state index contributed by atoms with van der Waals surface area (Å²) < 4.78 is 33.6. The maximum Gasteiger partial charge on any atom is 0.349 e. The number of benzene rings is 1. The smallest absolute Gasteiger partial charge is 0.349 e. The Morgan fingerprint density at radius 3 is 2.56 bits per heavy atom. The Bertz CT molecular complexity index is 881. The number of piperidine rings is 1. The van der Waals surface area contributed by atoms with Crippen molar-refractivity contribution >= 4 is 37.4 Å². The minimum Gasteiger partial charge on any atom is -0.465 e. The maximum atomic E-state index is 13.3. The van der Waals surface area contributed by atoms with Crippen molar-refractivity contribution in [2.75, 3.05) is 20.2 Å². The Balaban J connectivity index is 2.04. The van der Waals surface area contributed by atoms with Crippen LogP contribution in [0.15, 0.2) is 29.2 Å². The number of sulfonamides is 1. The molecule has 1 aromatic heterocycles. The lowest BCUT2D eigenvalue weighted by Crippen LogP contribution is -2.42. The fourth-order valence-corrected chi connectivity index (χ4v) is 6.52. The van der Waals surface area contributed by atoms with E-state index < -0.39 is 16.0 Å². The van der Waals surface area contributed by atoms with Crippen LogP contribution in [0, 0.1) is 5.92 Å². The number of carbonyl (C=O) groups is 1. The summed E-state index contributed by atoms with van der Waals surface area (Å²) in [6.07, 6.45) is 1.46. The lowest BCUT2D eigenvalue weighted by molar-refractivity contribution is 0.0602. The van der Waals surface area contributed by atoms with E-state index in [1.54, 1.807) is 12.1 Å². The summed E-state index contributed by atoms with van der Waals surface area (Å²) in [5.74, 6) is -0.295. The van der Waals surface area contributed by atoms with E-state index in [1.165, 1.54) is 11.4 Å². The van der Waals surface area contributed by atoms with E-state index in [9.17, 15) is 13.2 Å². The van der Waals surface area contributed by atoms with Crippen molar-refractivity contribution in [2.45, 2.75) is 30.7 Å². The normalized spacial score (nSPS) is 18.4. The Hall–Kier alpha value is -1.48. The number of nitrogens with two attached hydrogens (primary N) is 1. The highest BCUT2D eigenvalue weighted by Gasteiger charge is 2.36. The molecule has 1 saturated heterocycles. The van der Waals surface area contributed by atoms with Gasteiger partial charge >= 0.3 is 5.97 Å². The van der Waals surface area contributed by atoms with Gasteiger partial charge in [0.05, 0.1) is 7.11 Å². The Morgan fingerprint density at radius 1 is 1.32 bits per heavy atom. The van der Waals surface area contributed by atoms with Gasteiger partial charge in [-0.15, -0.1) is 11.3 Å². The van der Waals surface area contributed by atoms with Gasteiger partial charge in [-0.1, -0.05) is 18.2 Å². The van der Waals surface area contributed by atoms with Crippen LogP contribution in [0.5, 0.6) is 0 Å². The van der Waals surface area contributed by atoms with Crippen LogP contribution in [0.1, 0.15) is 29.4 Å². The van der Waals surface area contributed by atoms with Gasteiger partial charge in [0, 0.05) is 29.2 Å². The number of ether oxygens (including phenoxy) is 1. The molecule has 25 heavy (non-hydrogen) atoms. The summed E-state index contributed by atoms with van der Waals surface area (Å²) in [7, 11) is -2.52. The van der Waals surface area contributed by atoms with Crippen LogP contribution in [0.4, 0.5) is 0 Å². The lowest BCUT2D eigenvalue weighted by Gasteiger charge is -2.33. The zero-order valence-electron chi connectivity index (χ0n) is 14.3. The van der Waals surface area contributed by atoms with Gasteiger partial charge in [-0.25, -0.2) is 13.2 Å². The van der Waals surface area contributed by atoms with Gasteiger partial charge in [-0.3, -0.25) is 0 Å². The first kappa shape index (κ1) is 18.3. The lowest BCUT2D eigenvalue weighted by atomic mass is 9.92. The molecule has 1 unspecified atom stereocenters. The molecule has 0 saturated carbocycles. The zero-order valence-corrected chi connectivity index (χ0v) is 15.9. The quantitative estimate of drug-likeness (QED) is 0.820. The fraction of sp³-hybridized carbons (Fsp3) is 0.471. The number of hydrogen-bond acceptors (Lipinski definition) is 6. The Morgan fingerprint density at radius 2 is 1.96 bits per heavy atom. The first-order valence-electron chi connectivity index (χ1n) is 8.22.